The SMILES string of the molecule is CCNS(=O)(=O)c1ccccc1NCc1occc1Br. The average Bonchev–Trinajstić information content (AvgIpc) is 2.82. The summed E-state index contributed by atoms with van der Waals surface area (Å²) in [7, 11) is -3.50. The molecule has 0 unspecified atom stereocenters. The second-order valence-electron chi connectivity index (χ2n) is 4.04. The van der Waals surface area contributed by atoms with Crippen LogP contribution in [0.15, 0.2) is 50.4 Å². The largest absolute Gasteiger partial charge is 0.466 e. The van der Waals surface area contributed by atoms with Crippen LogP contribution >= 0.6 is 15.9 Å². The number of para-hydroxylation sites is 1. The summed E-state index contributed by atoms with van der Waals surface area (Å²) in [4.78, 5) is 0.226. The molecule has 5 nitrogen and oxygen atoms in total. The Hall–Kier alpha value is -1.31. The zero-order chi connectivity index (χ0) is 14.6. The smallest absolute Gasteiger partial charge is 0.242 e. The summed E-state index contributed by atoms with van der Waals surface area (Å²) in [5.74, 6) is 0.709. The van der Waals surface area contributed by atoms with Gasteiger partial charge >= 0.3 is 0 Å². The predicted molar refractivity (Wildman–Crippen MR) is 81.0 cm³/mol. The molecule has 2 N–H and O–H groups in total. The summed E-state index contributed by atoms with van der Waals surface area (Å²) in [6.07, 6.45) is 1.57. The molecule has 0 fully saturated rings. The Kier molecular flexibility index (Phi) is 4.85. The summed E-state index contributed by atoms with van der Waals surface area (Å²) in [6, 6.07) is 8.56. The highest BCUT2D eigenvalue weighted by Crippen LogP contribution is 2.23. The standard InChI is InChI=1S/C13H15BrN2O3S/c1-2-16-20(17,18)13-6-4-3-5-11(13)15-9-12-10(14)7-8-19-12/h3-8,15-16H,2,9H2,1H3. The van der Waals surface area contributed by atoms with Gasteiger partial charge in [-0.3, -0.25) is 0 Å². The van der Waals surface area contributed by atoms with Gasteiger partial charge in [0.2, 0.25) is 10.0 Å². The number of halogens is 1. The summed E-state index contributed by atoms with van der Waals surface area (Å²) >= 11 is 3.36. The summed E-state index contributed by atoms with van der Waals surface area (Å²) in [5, 5.41) is 3.08. The molecule has 108 valence electrons. The van der Waals surface area contributed by atoms with Gasteiger partial charge < -0.3 is 9.73 Å². The Morgan fingerprint density at radius 2 is 2.00 bits per heavy atom. The number of nitrogens with one attached hydrogen (secondary N) is 2. The van der Waals surface area contributed by atoms with Crippen LogP contribution in [0.25, 0.3) is 0 Å². The van der Waals surface area contributed by atoms with Gasteiger partial charge in [-0.1, -0.05) is 19.1 Å². The molecular weight excluding hydrogens is 344 g/mol. The number of hydrogen-bond acceptors (Lipinski definition) is 4. The Morgan fingerprint density at radius 1 is 1.25 bits per heavy atom. The fraction of sp³-hybridized carbons (Fsp3) is 0.231. The summed E-state index contributed by atoms with van der Waals surface area (Å²) < 4.78 is 32.8. The molecule has 0 saturated heterocycles. The first-order valence-corrected chi connectivity index (χ1v) is 8.36. The van der Waals surface area contributed by atoms with Crippen molar-refractivity contribution in [2.75, 3.05) is 11.9 Å². The van der Waals surface area contributed by atoms with Crippen LogP contribution in [-0.4, -0.2) is 15.0 Å². The van der Waals surface area contributed by atoms with Gasteiger partial charge in [-0.25, -0.2) is 13.1 Å². The zero-order valence-corrected chi connectivity index (χ0v) is 13.3. The predicted octanol–water partition coefficient (Wildman–Crippen LogP) is 2.95. The third-order valence-corrected chi connectivity index (χ3v) is 4.95. The van der Waals surface area contributed by atoms with Gasteiger partial charge in [-0.2, -0.15) is 0 Å². The quantitative estimate of drug-likeness (QED) is 0.832. The fourth-order valence-corrected chi connectivity index (χ4v) is 3.31. The number of furan rings is 1. The molecule has 1 aromatic carbocycles. The number of anilines is 1. The van der Waals surface area contributed by atoms with E-state index in [1.807, 2.05) is 0 Å². The Labute approximate surface area is 126 Å². The van der Waals surface area contributed by atoms with E-state index in [2.05, 4.69) is 26.0 Å². The van der Waals surface area contributed by atoms with Crippen LogP contribution in [-0.2, 0) is 16.6 Å². The number of benzene rings is 1. The number of hydrogen-bond donors (Lipinski definition) is 2. The molecule has 0 saturated carbocycles. The van der Waals surface area contributed by atoms with Crippen LogP contribution in [0.5, 0.6) is 0 Å². The van der Waals surface area contributed by atoms with Crippen molar-refractivity contribution in [3.63, 3.8) is 0 Å². The van der Waals surface area contributed by atoms with E-state index >= 15 is 0 Å². The lowest BCUT2D eigenvalue weighted by molar-refractivity contribution is 0.515. The Balaban J connectivity index is 2.23. The normalized spacial score (nSPS) is 11.5. The maximum absolute atomic E-state index is 12.1. The molecule has 0 bridgehead atoms. The molecule has 0 aliphatic rings. The van der Waals surface area contributed by atoms with Gasteiger partial charge in [-0.15, -0.1) is 0 Å². The van der Waals surface area contributed by atoms with Crippen molar-refractivity contribution in [1.29, 1.82) is 0 Å². The van der Waals surface area contributed by atoms with E-state index in [1.165, 1.54) is 0 Å². The summed E-state index contributed by atoms with van der Waals surface area (Å²) in [6.45, 7) is 2.49. The molecular formula is C13H15BrN2O3S. The van der Waals surface area contributed by atoms with Crippen LogP contribution in [0.2, 0.25) is 0 Å². The number of rotatable bonds is 6. The molecule has 0 aliphatic heterocycles. The van der Waals surface area contributed by atoms with Gasteiger partial charge in [0.05, 0.1) is 23.0 Å². The Morgan fingerprint density at radius 3 is 2.65 bits per heavy atom. The van der Waals surface area contributed by atoms with Crippen molar-refractivity contribution >= 4 is 31.6 Å². The molecule has 0 aliphatic carbocycles. The van der Waals surface area contributed by atoms with E-state index < -0.39 is 10.0 Å². The van der Waals surface area contributed by atoms with Crippen LogP contribution in [0.3, 0.4) is 0 Å². The minimum Gasteiger partial charge on any atom is -0.466 e. The summed E-state index contributed by atoms with van der Waals surface area (Å²) in [5.41, 5.74) is 0.539. The van der Waals surface area contributed by atoms with Gasteiger partial charge in [-0.05, 0) is 34.1 Å². The molecule has 0 atom stereocenters. The molecule has 2 rings (SSSR count). The zero-order valence-electron chi connectivity index (χ0n) is 10.9. The van der Waals surface area contributed by atoms with E-state index in [1.54, 1.807) is 43.5 Å². The first-order chi connectivity index (χ1) is 9.54. The van der Waals surface area contributed by atoms with Crippen molar-refractivity contribution in [3.8, 4) is 0 Å². The van der Waals surface area contributed by atoms with Gasteiger partial charge in [0.1, 0.15) is 10.7 Å². The van der Waals surface area contributed by atoms with Crippen LogP contribution in [0.1, 0.15) is 12.7 Å². The second kappa shape index (κ2) is 6.43. The molecule has 0 spiro atoms. The van der Waals surface area contributed by atoms with Gasteiger partial charge in [0, 0.05) is 6.54 Å². The van der Waals surface area contributed by atoms with Gasteiger partial charge in [0.25, 0.3) is 0 Å². The number of sulfonamides is 1. The first kappa shape index (κ1) is 15.1. The molecule has 20 heavy (non-hydrogen) atoms. The topological polar surface area (TPSA) is 71.3 Å². The third-order valence-electron chi connectivity index (χ3n) is 2.64. The van der Waals surface area contributed by atoms with E-state index in [-0.39, 0.29) is 4.90 Å². The van der Waals surface area contributed by atoms with E-state index in [9.17, 15) is 8.42 Å². The highest BCUT2D eigenvalue weighted by atomic mass is 79.9. The molecule has 0 radical (unpaired) electrons. The lowest BCUT2D eigenvalue weighted by Gasteiger charge is -2.12. The molecule has 7 heteroatoms. The Bertz CT molecular complexity index is 682. The lowest BCUT2D eigenvalue weighted by Crippen LogP contribution is -2.24. The van der Waals surface area contributed by atoms with Crippen LogP contribution in [0, 0.1) is 0 Å². The molecule has 1 aromatic heterocycles. The van der Waals surface area contributed by atoms with Crippen molar-refractivity contribution in [2.45, 2.75) is 18.4 Å². The highest BCUT2D eigenvalue weighted by Gasteiger charge is 2.17. The minimum atomic E-state index is -3.50. The van der Waals surface area contributed by atoms with Crippen molar-refractivity contribution in [1.82, 2.24) is 4.72 Å². The maximum Gasteiger partial charge on any atom is 0.242 e. The van der Waals surface area contributed by atoms with E-state index in [0.717, 1.165) is 4.47 Å². The van der Waals surface area contributed by atoms with E-state index in [0.29, 0.717) is 24.5 Å². The third kappa shape index (κ3) is 3.41. The fourth-order valence-electron chi connectivity index (χ4n) is 1.74. The average molecular weight is 359 g/mol. The highest BCUT2D eigenvalue weighted by molar-refractivity contribution is 9.10. The van der Waals surface area contributed by atoms with Crippen molar-refractivity contribution < 1.29 is 12.8 Å². The second-order valence-corrected chi connectivity index (χ2v) is 6.63. The maximum atomic E-state index is 12.1. The monoisotopic (exact) mass is 358 g/mol. The first-order valence-electron chi connectivity index (χ1n) is 6.09. The van der Waals surface area contributed by atoms with Crippen LogP contribution in [0.4, 0.5) is 5.69 Å². The van der Waals surface area contributed by atoms with Crippen molar-refractivity contribution in [3.05, 3.63) is 46.8 Å². The van der Waals surface area contributed by atoms with Crippen LogP contribution < -0.4 is 10.0 Å². The van der Waals surface area contributed by atoms with E-state index in [4.69, 9.17) is 4.42 Å². The molecule has 1 heterocycles. The molecule has 2 aromatic rings. The van der Waals surface area contributed by atoms with Gasteiger partial charge in [0.15, 0.2) is 0 Å². The minimum absolute atomic E-state index is 0.226. The van der Waals surface area contributed by atoms with Crippen molar-refractivity contribution in [2.24, 2.45) is 0 Å². The molecule has 0 amide bonds. The lowest BCUT2D eigenvalue weighted by atomic mass is 10.3.